The maximum atomic E-state index is 13.4. The second kappa shape index (κ2) is 7.53. The summed E-state index contributed by atoms with van der Waals surface area (Å²) >= 11 is 0. The van der Waals surface area contributed by atoms with E-state index in [1.54, 1.807) is 24.3 Å². The number of benzene rings is 2. The van der Waals surface area contributed by atoms with Gasteiger partial charge in [-0.2, -0.15) is 0 Å². The van der Waals surface area contributed by atoms with Gasteiger partial charge in [-0.05, 0) is 36.4 Å². The van der Waals surface area contributed by atoms with E-state index >= 15 is 0 Å². The second-order valence-corrected chi connectivity index (χ2v) is 6.28. The van der Waals surface area contributed by atoms with E-state index in [9.17, 15) is 23.2 Å². The number of carbonyl (C=O) groups is 3. The van der Waals surface area contributed by atoms with Crippen LogP contribution in [0.4, 0.5) is 25.8 Å². The molecule has 2 aromatic carbocycles. The number of rotatable bonds is 4. The van der Waals surface area contributed by atoms with Crippen LogP contribution < -0.4 is 15.5 Å². The lowest BCUT2D eigenvalue weighted by atomic mass is 10.1. The first-order valence-corrected chi connectivity index (χ1v) is 8.27. The highest BCUT2D eigenvalue weighted by Crippen LogP contribution is 2.27. The van der Waals surface area contributed by atoms with Crippen molar-refractivity contribution in [3.05, 3.63) is 54.1 Å². The SMILES string of the molecule is CC(=O)Nc1ccc(NC(=O)C2CC(=O)N(c3cc(F)cc(F)c3)C2)cc1. The van der Waals surface area contributed by atoms with E-state index in [-0.39, 0.29) is 36.4 Å². The van der Waals surface area contributed by atoms with Crippen LogP contribution in [0.1, 0.15) is 13.3 Å². The lowest BCUT2D eigenvalue weighted by molar-refractivity contribution is -0.122. The number of anilines is 3. The average Bonchev–Trinajstić information content (AvgIpc) is 2.97. The molecule has 0 aromatic heterocycles. The van der Waals surface area contributed by atoms with E-state index in [0.29, 0.717) is 11.4 Å². The van der Waals surface area contributed by atoms with Crippen molar-refractivity contribution in [3.8, 4) is 0 Å². The third kappa shape index (κ3) is 4.46. The van der Waals surface area contributed by atoms with Crippen molar-refractivity contribution in [2.75, 3.05) is 22.1 Å². The Hall–Kier alpha value is -3.29. The molecule has 0 bridgehead atoms. The van der Waals surface area contributed by atoms with Gasteiger partial charge in [0, 0.05) is 43.0 Å². The molecule has 1 aliphatic rings. The fourth-order valence-electron chi connectivity index (χ4n) is 2.91. The molecular weight excluding hydrogens is 356 g/mol. The average molecular weight is 373 g/mol. The summed E-state index contributed by atoms with van der Waals surface area (Å²) in [5, 5.41) is 5.32. The first kappa shape index (κ1) is 18.5. The second-order valence-electron chi connectivity index (χ2n) is 6.28. The minimum absolute atomic E-state index is 0.0392. The van der Waals surface area contributed by atoms with Crippen LogP contribution in [0.15, 0.2) is 42.5 Å². The monoisotopic (exact) mass is 373 g/mol. The molecule has 0 saturated carbocycles. The maximum absolute atomic E-state index is 13.4. The largest absolute Gasteiger partial charge is 0.326 e. The van der Waals surface area contributed by atoms with Crippen molar-refractivity contribution in [1.29, 1.82) is 0 Å². The molecule has 1 aliphatic heterocycles. The molecule has 6 nitrogen and oxygen atoms in total. The van der Waals surface area contributed by atoms with Crippen LogP contribution in [0.2, 0.25) is 0 Å². The highest BCUT2D eigenvalue weighted by Gasteiger charge is 2.35. The number of nitrogens with zero attached hydrogens (tertiary/aromatic N) is 1. The summed E-state index contributed by atoms with van der Waals surface area (Å²) in [6.45, 7) is 1.43. The Bertz CT molecular complexity index is 879. The molecule has 1 unspecified atom stereocenters. The summed E-state index contributed by atoms with van der Waals surface area (Å²) in [5.74, 6) is -3.16. The highest BCUT2D eigenvalue weighted by molar-refractivity contribution is 6.03. The molecule has 8 heteroatoms. The lowest BCUT2D eigenvalue weighted by Crippen LogP contribution is -2.28. The molecule has 1 saturated heterocycles. The van der Waals surface area contributed by atoms with Crippen LogP contribution >= 0.6 is 0 Å². The zero-order valence-electron chi connectivity index (χ0n) is 14.5. The fraction of sp³-hybridized carbons (Fsp3) is 0.211. The van der Waals surface area contributed by atoms with Crippen molar-refractivity contribution < 1.29 is 23.2 Å². The molecule has 140 valence electrons. The van der Waals surface area contributed by atoms with Gasteiger partial charge in [-0.15, -0.1) is 0 Å². The molecule has 27 heavy (non-hydrogen) atoms. The number of halogens is 2. The van der Waals surface area contributed by atoms with Crippen molar-refractivity contribution in [2.24, 2.45) is 5.92 Å². The molecule has 2 aromatic rings. The normalized spacial score (nSPS) is 16.3. The predicted molar refractivity (Wildman–Crippen MR) is 96.2 cm³/mol. The topological polar surface area (TPSA) is 78.5 Å². The number of hydrogen-bond donors (Lipinski definition) is 2. The van der Waals surface area contributed by atoms with Gasteiger partial charge in [-0.1, -0.05) is 0 Å². The molecule has 0 spiro atoms. The van der Waals surface area contributed by atoms with E-state index in [1.165, 1.54) is 11.8 Å². The van der Waals surface area contributed by atoms with Crippen LogP contribution in [-0.2, 0) is 14.4 Å². The van der Waals surface area contributed by atoms with Crippen LogP contribution in [0.3, 0.4) is 0 Å². The van der Waals surface area contributed by atoms with E-state index in [0.717, 1.165) is 18.2 Å². The first-order chi connectivity index (χ1) is 12.8. The van der Waals surface area contributed by atoms with Gasteiger partial charge in [-0.25, -0.2) is 8.78 Å². The Kier molecular flexibility index (Phi) is 5.16. The van der Waals surface area contributed by atoms with Crippen molar-refractivity contribution in [1.82, 2.24) is 0 Å². The minimum atomic E-state index is -0.787. The number of hydrogen-bond acceptors (Lipinski definition) is 3. The summed E-state index contributed by atoms with van der Waals surface area (Å²) in [7, 11) is 0. The molecule has 0 radical (unpaired) electrons. The molecule has 3 rings (SSSR count). The van der Waals surface area contributed by atoms with Gasteiger partial charge < -0.3 is 15.5 Å². The molecule has 3 amide bonds. The van der Waals surface area contributed by atoms with E-state index in [1.807, 2.05) is 0 Å². The van der Waals surface area contributed by atoms with Crippen molar-refractivity contribution in [3.63, 3.8) is 0 Å². The van der Waals surface area contributed by atoms with Crippen LogP contribution in [-0.4, -0.2) is 24.3 Å². The van der Waals surface area contributed by atoms with Gasteiger partial charge in [0.25, 0.3) is 0 Å². The van der Waals surface area contributed by atoms with Gasteiger partial charge in [-0.3, -0.25) is 14.4 Å². The van der Waals surface area contributed by atoms with Gasteiger partial charge in [0.1, 0.15) is 11.6 Å². The van der Waals surface area contributed by atoms with Gasteiger partial charge in [0.2, 0.25) is 17.7 Å². The van der Waals surface area contributed by atoms with E-state index in [2.05, 4.69) is 10.6 Å². The predicted octanol–water partition coefficient (Wildman–Crippen LogP) is 2.91. The van der Waals surface area contributed by atoms with Crippen molar-refractivity contribution in [2.45, 2.75) is 13.3 Å². The molecule has 1 atom stereocenters. The van der Waals surface area contributed by atoms with Crippen LogP contribution in [0.25, 0.3) is 0 Å². The number of amides is 3. The Morgan fingerprint density at radius 2 is 1.56 bits per heavy atom. The lowest BCUT2D eigenvalue weighted by Gasteiger charge is -2.17. The Labute approximate surface area is 154 Å². The van der Waals surface area contributed by atoms with E-state index < -0.39 is 17.6 Å². The quantitative estimate of drug-likeness (QED) is 0.865. The standard InChI is InChI=1S/C19H17F2N3O3/c1-11(25)22-15-2-4-16(5-3-15)23-19(27)12-6-18(26)24(10-12)17-8-13(20)7-14(21)9-17/h2-5,7-9,12H,6,10H2,1H3,(H,22,25)(H,23,27). The Morgan fingerprint density at radius 3 is 2.11 bits per heavy atom. The summed E-state index contributed by atoms with van der Waals surface area (Å²) in [4.78, 5) is 36.8. The fourth-order valence-corrected chi connectivity index (χ4v) is 2.91. The third-order valence-corrected chi connectivity index (χ3v) is 4.13. The minimum Gasteiger partial charge on any atom is -0.326 e. The smallest absolute Gasteiger partial charge is 0.229 e. The van der Waals surface area contributed by atoms with Crippen molar-refractivity contribution >= 4 is 34.8 Å². The maximum Gasteiger partial charge on any atom is 0.229 e. The van der Waals surface area contributed by atoms with Crippen LogP contribution in [0, 0.1) is 17.6 Å². The molecule has 1 heterocycles. The zero-order chi connectivity index (χ0) is 19.6. The Balaban J connectivity index is 1.66. The zero-order valence-corrected chi connectivity index (χ0v) is 14.5. The first-order valence-electron chi connectivity index (χ1n) is 8.27. The van der Waals surface area contributed by atoms with Crippen LogP contribution in [0.5, 0.6) is 0 Å². The van der Waals surface area contributed by atoms with Gasteiger partial charge in [0.05, 0.1) is 5.92 Å². The molecular formula is C19H17F2N3O3. The van der Waals surface area contributed by atoms with E-state index in [4.69, 9.17) is 0 Å². The Morgan fingerprint density at radius 1 is 1.00 bits per heavy atom. The summed E-state index contributed by atoms with van der Waals surface area (Å²) < 4.78 is 26.8. The van der Waals surface area contributed by atoms with Gasteiger partial charge in [0.15, 0.2) is 0 Å². The van der Waals surface area contributed by atoms with Gasteiger partial charge >= 0.3 is 0 Å². The molecule has 1 fully saturated rings. The number of nitrogens with one attached hydrogen (secondary N) is 2. The summed E-state index contributed by atoms with van der Waals surface area (Å²) in [5.41, 5.74) is 1.19. The summed E-state index contributed by atoms with van der Waals surface area (Å²) in [6, 6.07) is 9.36. The molecule has 2 N–H and O–H groups in total. The number of carbonyl (C=O) groups excluding carboxylic acids is 3. The summed E-state index contributed by atoms with van der Waals surface area (Å²) in [6.07, 6.45) is -0.0477. The highest BCUT2D eigenvalue weighted by atomic mass is 19.1. The third-order valence-electron chi connectivity index (χ3n) is 4.13. The molecule has 0 aliphatic carbocycles.